The van der Waals surface area contributed by atoms with Gasteiger partial charge in [0.2, 0.25) is 5.91 Å². The first-order chi connectivity index (χ1) is 13.5. The van der Waals surface area contributed by atoms with Gasteiger partial charge < -0.3 is 5.32 Å². The Bertz CT molecular complexity index is 730. The lowest BCUT2D eigenvalue weighted by molar-refractivity contribution is -0.161. The summed E-state index contributed by atoms with van der Waals surface area (Å²) >= 11 is 0. The fourth-order valence-electron chi connectivity index (χ4n) is 2.64. The molecule has 1 rings (SSSR count). The topological polar surface area (TPSA) is 94.5 Å². The number of carbonyl (C=O) groups is 2. The van der Waals surface area contributed by atoms with Crippen LogP contribution in [-0.4, -0.2) is 49.8 Å². The van der Waals surface area contributed by atoms with Crippen molar-refractivity contribution in [1.29, 1.82) is 5.26 Å². The quantitative estimate of drug-likeness (QED) is 0.478. The molecule has 0 aromatic heterocycles. The number of amides is 2. The second-order valence-corrected chi connectivity index (χ2v) is 6.81. The number of carbonyl (C=O) groups excluding carboxylic acids is 2. The number of benzene rings is 1. The summed E-state index contributed by atoms with van der Waals surface area (Å²) in [6.45, 7) is 3.26. The largest absolute Gasteiger partial charge is 0.407 e. The monoisotopic (exact) mass is 414 g/mol. The van der Waals surface area contributed by atoms with Gasteiger partial charge in [0.05, 0.1) is 19.2 Å². The van der Waals surface area contributed by atoms with Crippen molar-refractivity contribution < 1.29 is 27.6 Å². The molecule has 0 saturated heterocycles. The molecule has 0 unspecified atom stereocenters. The molecule has 2 atom stereocenters. The van der Waals surface area contributed by atoms with Crippen molar-refractivity contribution in [3.8, 4) is 6.07 Å². The van der Waals surface area contributed by atoms with Crippen LogP contribution >= 0.6 is 0 Å². The Labute approximate surface area is 167 Å². The van der Waals surface area contributed by atoms with Gasteiger partial charge >= 0.3 is 6.18 Å². The minimum Gasteiger partial charge on any atom is -0.342 e. The van der Waals surface area contributed by atoms with Gasteiger partial charge in [-0.1, -0.05) is 26.0 Å². The highest BCUT2D eigenvalue weighted by atomic mass is 19.4. The average molecular weight is 414 g/mol. The van der Waals surface area contributed by atoms with Crippen LogP contribution in [-0.2, 0) is 9.63 Å². The first kappa shape index (κ1) is 24.4. The molecule has 0 saturated carbocycles. The molecule has 160 valence electrons. The maximum absolute atomic E-state index is 13.7. The fourth-order valence-corrected chi connectivity index (χ4v) is 2.64. The molecule has 29 heavy (non-hydrogen) atoms. The van der Waals surface area contributed by atoms with E-state index in [1.54, 1.807) is 19.9 Å². The Morgan fingerprint density at radius 1 is 1.24 bits per heavy atom. The maximum atomic E-state index is 13.7. The third kappa shape index (κ3) is 7.36. The Morgan fingerprint density at radius 3 is 2.28 bits per heavy atom. The van der Waals surface area contributed by atoms with Crippen LogP contribution < -0.4 is 10.6 Å². The van der Waals surface area contributed by atoms with Crippen molar-refractivity contribution in [2.75, 3.05) is 20.7 Å². The van der Waals surface area contributed by atoms with Gasteiger partial charge in [0.25, 0.3) is 5.91 Å². The van der Waals surface area contributed by atoms with Crippen molar-refractivity contribution >= 4 is 11.8 Å². The zero-order chi connectivity index (χ0) is 22.2. The van der Waals surface area contributed by atoms with E-state index in [2.05, 4.69) is 10.6 Å². The first-order valence-corrected chi connectivity index (χ1v) is 8.90. The standard InChI is InChI=1S/C19H25F3N4O3/c1-12(2)11-15(17(27)24-10-9-23)25-16(19(20,21)22)13-5-7-14(8-6-13)18(28)26(3)29-4/h5-8,12,15-16,25H,10-11H2,1-4H3,(H,24,27)/t15-,16-/m0/s1. The Kier molecular flexibility index (Phi) is 9.07. The maximum Gasteiger partial charge on any atom is 0.407 e. The molecule has 0 aliphatic heterocycles. The lowest BCUT2D eigenvalue weighted by Crippen LogP contribution is -2.49. The first-order valence-electron chi connectivity index (χ1n) is 8.90. The Hall–Kier alpha value is -2.64. The highest BCUT2D eigenvalue weighted by Gasteiger charge is 2.43. The number of hydrogen-bond acceptors (Lipinski definition) is 5. The van der Waals surface area contributed by atoms with Crippen molar-refractivity contribution in [1.82, 2.24) is 15.7 Å². The molecule has 0 bridgehead atoms. The second kappa shape index (κ2) is 10.8. The highest BCUT2D eigenvalue weighted by Crippen LogP contribution is 2.33. The van der Waals surface area contributed by atoms with Crippen LogP contribution in [0, 0.1) is 17.2 Å². The summed E-state index contributed by atoms with van der Waals surface area (Å²) in [5.74, 6) is -1.24. The van der Waals surface area contributed by atoms with Crippen molar-refractivity contribution in [2.24, 2.45) is 5.92 Å². The smallest absolute Gasteiger partial charge is 0.342 e. The molecule has 2 N–H and O–H groups in total. The van der Waals surface area contributed by atoms with E-state index in [4.69, 9.17) is 10.1 Å². The van der Waals surface area contributed by atoms with Gasteiger partial charge in [-0.3, -0.25) is 19.7 Å². The molecule has 2 amide bonds. The zero-order valence-electron chi connectivity index (χ0n) is 16.7. The predicted octanol–water partition coefficient (Wildman–Crippen LogP) is 2.57. The summed E-state index contributed by atoms with van der Waals surface area (Å²) in [6, 6.07) is 3.35. The molecule has 0 heterocycles. The highest BCUT2D eigenvalue weighted by molar-refractivity contribution is 5.93. The van der Waals surface area contributed by atoms with E-state index in [0.717, 1.165) is 5.06 Å². The number of alkyl halides is 3. The van der Waals surface area contributed by atoms with Gasteiger partial charge in [0, 0.05) is 12.6 Å². The predicted molar refractivity (Wildman–Crippen MR) is 99.3 cm³/mol. The number of halogens is 3. The average Bonchev–Trinajstić information content (AvgIpc) is 2.66. The second-order valence-electron chi connectivity index (χ2n) is 6.81. The van der Waals surface area contributed by atoms with Gasteiger partial charge in [0.15, 0.2) is 0 Å². The SMILES string of the molecule is CON(C)C(=O)c1ccc([C@H](N[C@@H](CC(C)C)C(=O)NCC#N)C(F)(F)F)cc1. The van der Waals surface area contributed by atoms with E-state index in [9.17, 15) is 22.8 Å². The van der Waals surface area contributed by atoms with Gasteiger partial charge in [-0.05, 0) is 30.0 Å². The normalized spacial score (nSPS) is 13.5. The minimum absolute atomic E-state index is 0.0567. The van der Waals surface area contributed by atoms with Crippen LogP contribution in [0.1, 0.15) is 42.2 Å². The van der Waals surface area contributed by atoms with Crippen LogP contribution in [0.15, 0.2) is 24.3 Å². The molecule has 1 aromatic carbocycles. The van der Waals surface area contributed by atoms with Crippen LogP contribution in [0.5, 0.6) is 0 Å². The van der Waals surface area contributed by atoms with E-state index >= 15 is 0 Å². The number of nitrogens with one attached hydrogen (secondary N) is 2. The van der Waals surface area contributed by atoms with Crippen LogP contribution in [0.2, 0.25) is 0 Å². The number of hydroxylamine groups is 2. The summed E-state index contributed by atoms with van der Waals surface area (Å²) in [4.78, 5) is 29.0. The van der Waals surface area contributed by atoms with E-state index in [1.165, 1.54) is 38.4 Å². The third-order valence-electron chi connectivity index (χ3n) is 4.11. The number of rotatable bonds is 9. The molecule has 0 spiro atoms. The zero-order valence-corrected chi connectivity index (χ0v) is 16.7. The van der Waals surface area contributed by atoms with Crippen LogP contribution in [0.25, 0.3) is 0 Å². The minimum atomic E-state index is -4.68. The molecular formula is C19H25F3N4O3. The van der Waals surface area contributed by atoms with E-state index in [0.29, 0.717) is 0 Å². The van der Waals surface area contributed by atoms with Crippen molar-refractivity contribution in [2.45, 2.75) is 38.5 Å². The van der Waals surface area contributed by atoms with E-state index in [1.807, 2.05) is 0 Å². The van der Waals surface area contributed by atoms with E-state index in [-0.39, 0.29) is 30.0 Å². The van der Waals surface area contributed by atoms with Crippen molar-refractivity contribution in [3.63, 3.8) is 0 Å². The molecule has 0 aliphatic carbocycles. The lowest BCUT2D eigenvalue weighted by Gasteiger charge is -2.28. The number of nitriles is 1. The summed E-state index contributed by atoms with van der Waals surface area (Å²) in [5, 5.41) is 14.2. The van der Waals surface area contributed by atoms with Gasteiger partial charge in [0.1, 0.15) is 12.6 Å². The van der Waals surface area contributed by atoms with Crippen molar-refractivity contribution in [3.05, 3.63) is 35.4 Å². The van der Waals surface area contributed by atoms with Crippen LogP contribution in [0.4, 0.5) is 13.2 Å². The molecule has 0 radical (unpaired) electrons. The molecule has 7 nitrogen and oxygen atoms in total. The molecule has 10 heteroatoms. The summed E-state index contributed by atoms with van der Waals surface area (Å²) in [6.07, 6.45) is -4.53. The molecule has 1 aromatic rings. The number of nitrogens with zero attached hydrogens (tertiary/aromatic N) is 2. The Morgan fingerprint density at radius 2 is 1.83 bits per heavy atom. The van der Waals surface area contributed by atoms with Crippen LogP contribution in [0.3, 0.4) is 0 Å². The summed E-state index contributed by atoms with van der Waals surface area (Å²) in [7, 11) is 2.68. The van der Waals surface area contributed by atoms with Gasteiger partial charge in [-0.2, -0.15) is 18.4 Å². The van der Waals surface area contributed by atoms with Gasteiger partial charge in [-0.25, -0.2) is 5.06 Å². The fraction of sp³-hybridized carbons (Fsp3) is 0.526. The molecular weight excluding hydrogens is 389 g/mol. The summed E-state index contributed by atoms with van der Waals surface area (Å²) < 4.78 is 41.2. The Balaban J connectivity index is 3.14. The van der Waals surface area contributed by atoms with Gasteiger partial charge in [-0.15, -0.1) is 0 Å². The molecule has 0 fully saturated rings. The lowest BCUT2D eigenvalue weighted by atomic mass is 9.99. The molecule has 0 aliphatic rings. The number of hydrogen-bond donors (Lipinski definition) is 2. The van der Waals surface area contributed by atoms with E-state index < -0.39 is 30.1 Å². The summed E-state index contributed by atoms with van der Waals surface area (Å²) in [5.41, 5.74) is 0.0143. The third-order valence-corrected chi connectivity index (χ3v) is 4.11.